The zero-order chi connectivity index (χ0) is 19.9. The van der Waals surface area contributed by atoms with E-state index in [0.29, 0.717) is 11.3 Å². The lowest BCUT2D eigenvalue weighted by Crippen LogP contribution is -2.36. The molecule has 148 valence electrons. The second-order valence-electron chi connectivity index (χ2n) is 6.96. The Labute approximate surface area is 166 Å². The van der Waals surface area contributed by atoms with Crippen LogP contribution in [-0.4, -0.2) is 47.9 Å². The van der Waals surface area contributed by atoms with Gasteiger partial charge in [-0.1, -0.05) is 0 Å². The van der Waals surface area contributed by atoms with E-state index in [1.54, 1.807) is 12.1 Å². The first-order valence-electron chi connectivity index (χ1n) is 10.0. The van der Waals surface area contributed by atoms with Gasteiger partial charge in [0.25, 0.3) is 11.8 Å². The summed E-state index contributed by atoms with van der Waals surface area (Å²) in [7, 11) is 0. The summed E-state index contributed by atoms with van der Waals surface area (Å²) in [6.07, 6.45) is 4.73. The van der Waals surface area contributed by atoms with Crippen molar-refractivity contribution >= 4 is 23.2 Å². The van der Waals surface area contributed by atoms with Crippen LogP contribution in [0.1, 0.15) is 54.0 Å². The van der Waals surface area contributed by atoms with Crippen molar-refractivity contribution in [2.45, 2.75) is 33.1 Å². The number of benzene rings is 1. The first-order valence-corrected chi connectivity index (χ1v) is 10.0. The number of rotatable bonds is 6. The Kier molecular flexibility index (Phi) is 6.63. The lowest BCUT2D eigenvalue weighted by atomic mass is 10.1. The van der Waals surface area contributed by atoms with Crippen molar-refractivity contribution in [3.8, 4) is 0 Å². The van der Waals surface area contributed by atoms with Crippen molar-refractivity contribution in [2.24, 2.45) is 0 Å². The number of nitrogens with zero attached hydrogens (tertiary/aromatic N) is 3. The highest BCUT2D eigenvalue weighted by atomic mass is 16.2. The van der Waals surface area contributed by atoms with Crippen LogP contribution in [0.5, 0.6) is 0 Å². The van der Waals surface area contributed by atoms with E-state index in [9.17, 15) is 9.59 Å². The van der Waals surface area contributed by atoms with Gasteiger partial charge in [0.2, 0.25) is 0 Å². The molecule has 1 aromatic heterocycles. The van der Waals surface area contributed by atoms with Gasteiger partial charge in [0.1, 0.15) is 5.69 Å². The van der Waals surface area contributed by atoms with Crippen LogP contribution in [0.25, 0.3) is 0 Å². The van der Waals surface area contributed by atoms with E-state index in [-0.39, 0.29) is 11.8 Å². The van der Waals surface area contributed by atoms with Crippen LogP contribution in [-0.2, 0) is 0 Å². The summed E-state index contributed by atoms with van der Waals surface area (Å²) < 4.78 is 0. The molecule has 0 atom stereocenters. The van der Waals surface area contributed by atoms with Crippen molar-refractivity contribution in [3.05, 3.63) is 53.9 Å². The summed E-state index contributed by atoms with van der Waals surface area (Å²) >= 11 is 0. The molecule has 6 nitrogen and oxygen atoms in total. The predicted molar refractivity (Wildman–Crippen MR) is 112 cm³/mol. The molecule has 0 bridgehead atoms. The molecule has 0 unspecified atom stereocenters. The van der Waals surface area contributed by atoms with Gasteiger partial charge >= 0.3 is 0 Å². The first-order chi connectivity index (χ1) is 13.6. The van der Waals surface area contributed by atoms with Gasteiger partial charge in [0, 0.05) is 49.3 Å². The highest BCUT2D eigenvalue weighted by Gasteiger charge is 2.20. The van der Waals surface area contributed by atoms with E-state index in [0.717, 1.165) is 56.8 Å². The van der Waals surface area contributed by atoms with E-state index in [1.165, 1.54) is 6.20 Å². The molecule has 28 heavy (non-hydrogen) atoms. The number of hydrogen-bond donors (Lipinski definition) is 1. The van der Waals surface area contributed by atoms with Gasteiger partial charge in [-0.25, -0.2) is 0 Å². The van der Waals surface area contributed by atoms with E-state index >= 15 is 0 Å². The number of pyridine rings is 1. The number of anilines is 2. The van der Waals surface area contributed by atoms with Gasteiger partial charge in [-0.3, -0.25) is 14.6 Å². The Hall–Kier alpha value is -2.89. The van der Waals surface area contributed by atoms with Gasteiger partial charge in [0.15, 0.2) is 0 Å². The van der Waals surface area contributed by atoms with Gasteiger partial charge in [0.05, 0.1) is 0 Å². The maximum absolute atomic E-state index is 12.6. The Morgan fingerprint density at radius 3 is 2.36 bits per heavy atom. The van der Waals surface area contributed by atoms with Crippen LogP contribution in [0, 0.1) is 0 Å². The third-order valence-electron chi connectivity index (χ3n) is 5.14. The van der Waals surface area contributed by atoms with E-state index in [2.05, 4.69) is 29.0 Å². The summed E-state index contributed by atoms with van der Waals surface area (Å²) in [5.41, 5.74) is 2.61. The van der Waals surface area contributed by atoms with Crippen molar-refractivity contribution in [1.82, 2.24) is 9.88 Å². The third-order valence-corrected chi connectivity index (χ3v) is 5.14. The SMILES string of the molecule is CCN(CC)c1ccc(NC(=O)c2ccnc(C(=O)N3CCCCC3)c2)cc1. The van der Waals surface area contributed by atoms with Crippen molar-refractivity contribution in [3.63, 3.8) is 0 Å². The minimum Gasteiger partial charge on any atom is -0.372 e. The van der Waals surface area contributed by atoms with Crippen molar-refractivity contribution in [2.75, 3.05) is 36.4 Å². The number of carbonyl (C=O) groups is 2. The summed E-state index contributed by atoms with van der Waals surface area (Å²) in [6.45, 7) is 7.63. The van der Waals surface area contributed by atoms with E-state index < -0.39 is 0 Å². The number of carbonyl (C=O) groups excluding carboxylic acids is 2. The summed E-state index contributed by atoms with van der Waals surface area (Å²) in [5, 5.41) is 2.90. The largest absolute Gasteiger partial charge is 0.372 e. The lowest BCUT2D eigenvalue weighted by molar-refractivity contribution is 0.0718. The van der Waals surface area contributed by atoms with E-state index in [4.69, 9.17) is 0 Å². The predicted octanol–water partition coefficient (Wildman–Crippen LogP) is 3.81. The minimum atomic E-state index is -0.245. The molecule has 1 aromatic carbocycles. The molecule has 1 aliphatic rings. The second-order valence-corrected chi connectivity index (χ2v) is 6.96. The van der Waals surface area contributed by atoms with Crippen molar-refractivity contribution in [1.29, 1.82) is 0 Å². The number of aromatic nitrogens is 1. The molecule has 0 radical (unpaired) electrons. The number of amides is 2. The molecular formula is C22H28N4O2. The third kappa shape index (κ3) is 4.68. The molecule has 2 heterocycles. The van der Waals surface area contributed by atoms with Gasteiger partial charge in [-0.05, 0) is 69.5 Å². The molecule has 0 aliphatic carbocycles. The fourth-order valence-electron chi connectivity index (χ4n) is 3.50. The molecule has 2 aromatic rings. The molecule has 1 N–H and O–H groups in total. The number of likely N-dealkylation sites (tertiary alicyclic amines) is 1. The summed E-state index contributed by atoms with van der Waals surface area (Å²) in [5.74, 6) is -0.344. The minimum absolute atomic E-state index is 0.0991. The summed E-state index contributed by atoms with van der Waals surface area (Å²) in [6, 6.07) is 11.0. The van der Waals surface area contributed by atoms with Crippen LogP contribution in [0.4, 0.5) is 11.4 Å². The smallest absolute Gasteiger partial charge is 0.272 e. The van der Waals surface area contributed by atoms with E-state index in [1.807, 2.05) is 29.2 Å². The normalized spacial score (nSPS) is 13.9. The zero-order valence-corrected chi connectivity index (χ0v) is 16.6. The first kappa shape index (κ1) is 19.9. The molecule has 1 fully saturated rings. The standard InChI is InChI=1S/C22H28N4O2/c1-3-25(4-2)19-10-8-18(9-11-19)24-21(27)17-12-13-23-20(16-17)22(28)26-14-6-5-7-15-26/h8-13,16H,3-7,14-15H2,1-2H3,(H,24,27). The molecule has 2 amide bonds. The van der Waals surface area contributed by atoms with Crippen LogP contribution in [0.3, 0.4) is 0 Å². The van der Waals surface area contributed by atoms with Crippen LogP contribution in [0.15, 0.2) is 42.6 Å². The molecule has 1 saturated heterocycles. The maximum Gasteiger partial charge on any atom is 0.272 e. The topological polar surface area (TPSA) is 65.5 Å². The Bertz CT molecular complexity index is 810. The Morgan fingerprint density at radius 2 is 1.71 bits per heavy atom. The fourth-order valence-corrected chi connectivity index (χ4v) is 3.50. The fraction of sp³-hybridized carbons (Fsp3) is 0.409. The average molecular weight is 380 g/mol. The highest BCUT2D eigenvalue weighted by molar-refractivity contribution is 6.05. The lowest BCUT2D eigenvalue weighted by Gasteiger charge is -2.26. The van der Waals surface area contributed by atoms with Crippen molar-refractivity contribution < 1.29 is 9.59 Å². The van der Waals surface area contributed by atoms with Gasteiger partial charge in [-0.2, -0.15) is 0 Å². The maximum atomic E-state index is 12.6. The van der Waals surface area contributed by atoms with Crippen LogP contribution >= 0.6 is 0 Å². The van der Waals surface area contributed by atoms with Crippen LogP contribution in [0.2, 0.25) is 0 Å². The summed E-state index contributed by atoms with van der Waals surface area (Å²) in [4.78, 5) is 33.5. The molecule has 3 rings (SSSR count). The number of piperidine rings is 1. The molecule has 0 saturated carbocycles. The number of hydrogen-bond acceptors (Lipinski definition) is 4. The van der Waals surface area contributed by atoms with Gasteiger partial charge in [-0.15, -0.1) is 0 Å². The molecule has 6 heteroatoms. The van der Waals surface area contributed by atoms with Crippen LogP contribution < -0.4 is 10.2 Å². The molecule has 1 aliphatic heterocycles. The molecular weight excluding hydrogens is 352 g/mol. The Balaban J connectivity index is 1.68. The average Bonchev–Trinajstić information content (AvgIpc) is 2.76. The van der Waals surface area contributed by atoms with Gasteiger partial charge < -0.3 is 15.1 Å². The quantitative estimate of drug-likeness (QED) is 0.828. The number of nitrogens with one attached hydrogen (secondary N) is 1. The zero-order valence-electron chi connectivity index (χ0n) is 16.6. The Morgan fingerprint density at radius 1 is 1.04 bits per heavy atom. The monoisotopic (exact) mass is 380 g/mol. The highest BCUT2D eigenvalue weighted by Crippen LogP contribution is 2.19. The molecule has 0 spiro atoms. The second kappa shape index (κ2) is 9.35.